The third-order valence-electron chi connectivity index (χ3n) is 3.53. The van der Waals surface area contributed by atoms with Crippen LogP contribution >= 0.6 is 22.7 Å². The van der Waals surface area contributed by atoms with Gasteiger partial charge in [0.25, 0.3) is 5.78 Å². The second kappa shape index (κ2) is 6.11. The van der Waals surface area contributed by atoms with Crippen molar-refractivity contribution in [2.45, 2.75) is 6.04 Å². The van der Waals surface area contributed by atoms with E-state index in [0.29, 0.717) is 4.88 Å². The van der Waals surface area contributed by atoms with Gasteiger partial charge in [0.2, 0.25) is 5.13 Å². The number of aliphatic hydroxyl groups excluding tert-OH is 1. The Balaban J connectivity index is 1.93. The van der Waals surface area contributed by atoms with Crippen molar-refractivity contribution in [2.75, 3.05) is 4.90 Å². The minimum atomic E-state index is -0.845. The first-order valence-electron chi connectivity index (χ1n) is 6.90. The number of aromatic nitrogens is 5. The van der Waals surface area contributed by atoms with Gasteiger partial charge in [-0.3, -0.25) is 24.5 Å². The summed E-state index contributed by atoms with van der Waals surface area (Å²) in [5, 5.41) is 18.5. The Labute approximate surface area is 148 Å². The first-order valence-corrected chi connectivity index (χ1v) is 8.66. The molecule has 0 spiro atoms. The monoisotopic (exact) mass is 372 g/mol. The zero-order chi connectivity index (χ0) is 17.4. The number of carbonyl (C=O) groups excluding carboxylic acids is 2. The van der Waals surface area contributed by atoms with Crippen molar-refractivity contribution in [2.24, 2.45) is 0 Å². The fourth-order valence-electron chi connectivity index (χ4n) is 2.49. The molecule has 3 aromatic rings. The van der Waals surface area contributed by atoms with E-state index in [1.807, 2.05) is 0 Å². The highest BCUT2D eigenvalue weighted by molar-refractivity contribution is 7.13. The van der Waals surface area contributed by atoms with Gasteiger partial charge in [0.1, 0.15) is 17.2 Å². The van der Waals surface area contributed by atoms with E-state index >= 15 is 0 Å². The van der Waals surface area contributed by atoms with Gasteiger partial charge in [-0.1, -0.05) is 11.3 Å². The van der Waals surface area contributed by atoms with Gasteiger partial charge in [-0.25, -0.2) is 4.98 Å². The summed E-state index contributed by atoms with van der Waals surface area (Å²) in [5.74, 6) is -2.01. The first-order chi connectivity index (χ1) is 12.2. The number of thiazole rings is 1. The van der Waals surface area contributed by atoms with E-state index in [9.17, 15) is 14.7 Å². The second-order valence-electron chi connectivity index (χ2n) is 4.88. The van der Waals surface area contributed by atoms with Gasteiger partial charge in [0, 0.05) is 18.6 Å². The van der Waals surface area contributed by atoms with Crippen LogP contribution in [0.15, 0.2) is 41.4 Å². The molecule has 1 unspecified atom stereocenters. The molecule has 1 amide bonds. The zero-order valence-electron chi connectivity index (χ0n) is 12.3. The smallest absolute Gasteiger partial charge is 0.301 e. The van der Waals surface area contributed by atoms with E-state index in [0.717, 1.165) is 11.3 Å². The maximum absolute atomic E-state index is 12.6. The van der Waals surface area contributed by atoms with Gasteiger partial charge in [-0.15, -0.1) is 21.5 Å². The summed E-state index contributed by atoms with van der Waals surface area (Å²) in [6.45, 7) is 0. The number of hydrogen-bond donors (Lipinski definition) is 1. The van der Waals surface area contributed by atoms with Crippen molar-refractivity contribution in [1.29, 1.82) is 0 Å². The predicted octanol–water partition coefficient (Wildman–Crippen LogP) is 1.41. The fourth-order valence-corrected chi connectivity index (χ4v) is 3.79. The van der Waals surface area contributed by atoms with Crippen molar-refractivity contribution < 1.29 is 14.7 Å². The van der Waals surface area contributed by atoms with Gasteiger partial charge in [0.05, 0.1) is 22.2 Å². The number of aliphatic hydroxyl groups is 1. The lowest BCUT2D eigenvalue weighted by Crippen LogP contribution is -2.29. The molecule has 1 saturated heterocycles. The molecule has 4 rings (SSSR count). The van der Waals surface area contributed by atoms with Crippen LogP contribution in [0.4, 0.5) is 5.13 Å². The molecule has 1 fully saturated rings. The molecule has 1 aliphatic heterocycles. The highest BCUT2D eigenvalue weighted by atomic mass is 32.1. The molecule has 0 saturated carbocycles. The molecule has 1 N–H and O–H groups in total. The Morgan fingerprint density at radius 1 is 1.12 bits per heavy atom. The lowest BCUT2D eigenvalue weighted by molar-refractivity contribution is -0.132. The van der Waals surface area contributed by atoms with Crippen molar-refractivity contribution in [1.82, 2.24) is 25.1 Å². The summed E-state index contributed by atoms with van der Waals surface area (Å²) in [4.78, 5) is 38.9. The predicted molar refractivity (Wildman–Crippen MR) is 88.8 cm³/mol. The van der Waals surface area contributed by atoms with Crippen LogP contribution in [-0.4, -0.2) is 41.9 Å². The Morgan fingerprint density at radius 2 is 2.00 bits per heavy atom. The molecular weight excluding hydrogens is 364 g/mol. The average Bonchev–Trinajstić information content (AvgIpc) is 3.37. The maximum atomic E-state index is 12.6. The van der Waals surface area contributed by atoms with E-state index < -0.39 is 23.5 Å². The number of amides is 1. The minimum absolute atomic E-state index is 0.0787. The summed E-state index contributed by atoms with van der Waals surface area (Å²) in [6, 6.07) is -0.845. The second-order valence-corrected chi connectivity index (χ2v) is 6.61. The summed E-state index contributed by atoms with van der Waals surface area (Å²) in [5.41, 5.74) is 3.07. The number of rotatable bonds is 3. The van der Waals surface area contributed by atoms with Crippen LogP contribution in [0.2, 0.25) is 0 Å². The first kappa shape index (κ1) is 15.5. The lowest BCUT2D eigenvalue weighted by Gasteiger charge is -2.20. The van der Waals surface area contributed by atoms with Gasteiger partial charge in [0.15, 0.2) is 5.76 Å². The number of carbonyl (C=O) groups is 2. The molecule has 0 aromatic carbocycles. The summed E-state index contributed by atoms with van der Waals surface area (Å²) < 4.78 is 0. The standard InChI is InChI=1S/C14H8N6O3S2/c21-11(7-3-15-1-2-17-7)9-10(8-4-16-5-24-8)20(13(23)12(9)22)14-19-18-6-25-14/h1-6,10,21H/b11-9+. The topological polar surface area (TPSA) is 122 Å². The van der Waals surface area contributed by atoms with Crippen LogP contribution < -0.4 is 4.90 Å². The van der Waals surface area contributed by atoms with Crippen molar-refractivity contribution >= 4 is 45.3 Å². The average molecular weight is 372 g/mol. The highest BCUT2D eigenvalue weighted by Crippen LogP contribution is 2.43. The Hall–Kier alpha value is -3.05. The van der Waals surface area contributed by atoms with Gasteiger partial charge >= 0.3 is 5.91 Å². The Morgan fingerprint density at radius 3 is 2.64 bits per heavy atom. The third kappa shape index (κ3) is 2.49. The molecule has 0 bridgehead atoms. The van der Waals surface area contributed by atoms with E-state index in [-0.39, 0.29) is 16.4 Å². The summed E-state index contributed by atoms with van der Waals surface area (Å²) in [6.07, 6.45) is 5.69. The lowest BCUT2D eigenvalue weighted by atomic mass is 10.0. The van der Waals surface area contributed by atoms with Crippen LogP contribution in [0, 0.1) is 0 Å². The molecular formula is C14H8N6O3S2. The van der Waals surface area contributed by atoms with Gasteiger partial charge in [-0.2, -0.15) is 0 Å². The van der Waals surface area contributed by atoms with E-state index in [2.05, 4.69) is 25.1 Å². The molecule has 11 heteroatoms. The van der Waals surface area contributed by atoms with Crippen LogP contribution in [0.5, 0.6) is 0 Å². The van der Waals surface area contributed by atoms with Crippen LogP contribution in [0.3, 0.4) is 0 Å². The SMILES string of the molecule is O=C1C(=O)N(c2nncs2)C(c2cncs2)/C1=C(\O)c1cnccn1. The molecule has 124 valence electrons. The normalized spacial score (nSPS) is 19.5. The van der Waals surface area contributed by atoms with Crippen molar-refractivity contribution in [3.05, 3.63) is 52.0 Å². The van der Waals surface area contributed by atoms with Gasteiger partial charge in [-0.05, 0) is 0 Å². The van der Waals surface area contributed by atoms with E-state index in [1.165, 1.54) is 40.3 Å². The molecule has 9 nitrogen and oxygen atoms in total. The molecule has 1 aliphatic rings. The Kier molecular flexibility index (Phi) is 3.78. The minimum Gasteiger partial charge on any atom is -0.505 e. The van der Waals surface area contributed by atoms with Crippen LogP contribution in [0.1, 0.15) is 16.6 Å². The van der Waals surface area contributed by atoms with Crippen LogP contribution in [-0.2, 0) is 9.59 Å². The maximum Gasteiger partial charge on any atom is 0.301 e. The van der Waals surface area contributed by atoms with Crippen molar-refractivity contribution in [3.8, 4) is 0 Å². The third-order valence-corrected chi connectivity index (χ3v) is 5.04. The van der Waals surface area contributed by atoms with E-state index in [4.69, 9.17) is 0 Å². The molecule has 4 heterocycles. The zero-order valence-corrected chi connectivity index (χ0v) is 13.9. The molecule has 0 radical (unpaired) electrons. The fraction of sp³-hybridized carbons (Fsp3) is 0.0714. The van der Waals surface area contributed by atoms with E-state index in [1.54, 1.807) is 11.7 Å². The molecule has 3 aromatic heterocycles. The molecule has 0 aliphatic carbocycles. The summed E-state index contributed by atoms with van der Waals surface area (Å²) in [7, 11) is 0. The molecule has 25 heavy (non-hydrogen) atoms. The largest absolute Gasteiger partial charge is 0.505 e. The number of hydrogen-bond acceptors (Lipinski definition) is 10. The van der Waals surface area contributed by atoms with Crippen molar-refractivity contribution in [3.63, 3.8) is 0 Å². The summed E-state index contributed by atoms with van der Waals surface area (Å²) >= 11 is 2.38. The number of nitrogens with zero attached hydrogens (tertiary/aromatic N) is 6. The number of ketones is 1. The number of Topliss-reactive ketones (excluding diaryl/α,β-unsaturated/α-hetero) is 1. The Bertz CT molecular complexity index is 956. The van der Waals surface area contributed by atoms with Gasteiger partial charge < -0.3 is 5.11 Å². The quantitative estimate of drug-likeness (QED) is 0.416. The highest BCUT2D eigenvalue weighted by Gasteiger charge is 2.49. The molecule has 1 atom stereocenters. The van der Waals surface area contributed by atoms with Crippen LogP contribution in [0.25, 0.3) is 5.76 Å². The number of anilines is 1.